The summed E-state index contributed by atoms with van der Waals surface area (Å²) in [5, 5.41) is 18.5. The molecule has 0 aliphatic carbocycles. The van der Waals surface area contributed by atoms with Crippen LogP contribution >= 0.6 is 11.5 Å². The Labute approximate surface area is 112 Å². The molecule has 7 nitrogen and oxygen atoms in total. The van der Waals surface area contributed by atoms with E-state index in [0.717, 1.165) is 11.5 Å². The molecule has 2 rings (SSSR count). The first-order valence-electron chi connectivity index (χ1n) is 5.44. The summed E-state index contributed by atoms with van der Waals surface area (Å²) in [4.78, 5) is 23.2. The van der Waals surface area contributed by atoms with E-state index < -0.39 is 11.9 Å². The highest BCUT2D eigenvalue weighted by atomic mass is 32.1. The van der Waals surface area contributed by atoms with Crippen LogP contribution in [-0.4, -0.2) is 31.6 Å². The molecule has 0 bridgehead atoms. The monoisotopic (exact) mass is 280 g/mol. The highest BCUT2D eigenvalue weighted by Crippen LogP contribution is 2.25. The van der Waals surface area contributed by atoms with Gasteiger partial charge in [-0.05, 0) is 32.3 Å². The Morgan fingerprint density at radius 1 is 1.21 bits per heavy atom. The maximum Gasteiger partial charge on any atom is 0.340 e. The molecule has 100 valence electrons. The molecular weight excluding hydrogens is 268 g/mol. The number of rotatable bonds is 3. The van der Waals surface area contributed by atoms with Crippen molar-refractivity contribution in [3.63, 3.8) is 0 Å². The van der Waals surface area contributed by atoms with Gasteiger partial charge < -0.3 is 10.4 Å². The molecule has 0 radical (unpaired) electrons. The van der Waals surface area contributed by atoms with Crippen LogP contribution in [0.2, 0.25) is 0 Å². The predicted molar refractivity (Wildman–Crippen MR) is 69.8 cm³/mol. The number of amides is 1. The molecule has 3 N–H and O–H groups in total. The number of hydrogen-bond acceptors (Lipinski definition) is 5. The van der Waals surface area contributed by atoms with Crippen LogP contribution in [0.1, 0.15) is 37.8 Å². The first-order chi connectivity index (χ1) is 8.91. The lowest BCUT2D eigenvalue weighted by Gasteiger charge is -2.03. The lowest BCUT2D eigenvalue weighted by Crippen LogP contribution is -2.15. The van der Waals surface area contributed by atoms with E-state index in [0.29, 0.717) is 22.6 Å². The van der Waals surface area contributed by atoms with Crippen molar-refractivity contribution < 1.29 is 14.7 Å². The fourth-order valence-corrected chi connectivity index (χ4v) is 2.54. The Kier molecular flexibility index (Phi) is 3.34. The van der Waals surface area contributed by atoms with Crippen LogP contribution < -0.4 is 5.32 Å². The first kappa shape index (κ1) is 13.2. The highest BCUT2D eigenvalue weighted by molar-refractivity contribution is 7.11. The smallest absolute Gasteiger partial charge is 0.340 e. The predicted octanol–water partition coefficient (Wildman–Crippen LogP) is 1.74. The summed E-state index contributed by atoms with van der Waals surface area (Å²) >= 11 is 0.948. The Morgan fingerprint density at radius 3 is 2.42 bits per heavy atom. The lowest BCUT2D eigenvalue weighted by molar-refractivity contribution is 0.0697. The van der Waals surface area contributed by atoms with Crippen LogP contribution in [0.15, 0.2) is 0 Å². The number of carboxylic acids is 1. The second kappa shape index (κ2) is 4.81. The topological polar surface area (TPSA) is 108 Å². The summed E-state index contributed by atoms with van der Waals surface area (Å²) in [6.45, 7) is 5.02. The molecular formula is C11H12N4O3S. The van der Waals surface area contributed by atoms with Crippen LogP contribution in [0, 0.1) is 20.8 Å². The number of hydrogen-bond donors (Lipinski definition) is 3. The molecule has 19 heavy (non-hydrogen) atoms. The van der Waals surface area contributed by atoms with Crippen molar-refractivity contribution in [2.75, 3.05) is 5.32 Å². The fraction of sp³-hybridized carbons (Fsp3) is 0.273. The Balaban J connectivity index is 2.32. The largest absolute Gasteiger partial charge is 0.478 e. The van der Waals surface area contributed by atoms with Crippen molar-refractivity contribution >= 4 is 28.4 Å². The second-order valence-corrected chi connectivity index (χ2v) is 4.81. The Hall–Kier alpha value is -2.22. The van der Waals surface area contributed by atoms with E-state index in [4.69, 9.17) is 5.11 Å². The van der Waals surface area contributed by atoms with Crippen molar-refractivity contribution in [1.29, 1.82) is 0 Å². The van der Waals surface area contributed by atoms with E-state index in [1.165, 1.54) is 0 Å². The zero-order valence-electron chi connectivity index (χ0n) is 10.6. The molecule has 0 saturated carbocycles. The third-order valence-electron chi connectivity index (χ3n) is 2.66. The molecule has 8 heteroatoms. The van der Waals surface area contributed by atoms with Gasteiger partial charge in [-0.1, -0.05) is 0 Å². The van der Waals surface area contributed by atoms with Gasteiger partial charge in [-0.3, -0.25) is 9.89 Å². The minimum absolute atomic E-state index is 0.0251. The Morgan fingerprint density at radius 2 is 1.89 bits per heavy atom. The molecule has 2 aromatic heterocycles. The van der Waals surface area contributed by atoms with Crippen LogP contribution in [0.5, 0.6) is 0 Å². The molecule has 0 fully saturated rings. The van der Waals surface area contributed by atoms with Crippen LogP contribution in [-0.2, 0) is 0 Å². The second-order valence-electron chi connectivity index (χ2n) is 4.04. The van der Waals surface area contributed by atoms with Crippen LogP contribution in [0.3, 0.4) is 0 Å². The van der Waals surface area contributed by atoms with Crippen LogP contribution in [0.4, 0.5) is 5.00 Å². The number of aryl methyl sites for hydroxylation is 3. The zero-order chi connectivity index (χ0) is 14.2. The van der Waals surface area contributed by atoms with Crippen molar-refractivity contribution in [2.45, 2.75) is 20.8 Å². The SMILES string of the molecule is Cc1n[nH]c(C)c1C(=O)Nc1snc(C)c1C(=O)O. The number of anilines is 1. The number of H-pyrrole nitrogens is 1. The lowest BCUT2D eigenvalue weighted by atomic mass is 10.2. The van der Waals surface area contributed by atoms with Gasteiger partial charge in [0.1, 0.15) is 10.6 Å². The highest BCUT2D eigenvalue weighted by Gasteiger charge is 2.22. The average Bonchev–Trinajstić information content (AvgIpc) is 2.83. The standard InChI is InChI=1S/C11H12N4O3S/c1-4-7(5(2)14-13-4)9(16)12-10-8(11(17)18)6(3)15-19-10/h1-3H3,(H,12,16)(H,13,14)(H,17,18). The van der Waals surface area contributed by atoms with Crippen molar-refractivity contribution in [1.82, 2.24) is 14.6 Å². The first-order valence-corrected chi connectivity index (χ1v) is 6.21. The van der Waals surface area contributed by atoms with E-state index in [1.54, 1.807) is 20.8 Å². The number of aromatic amines is 1. The number of nitrogens with one attached hydrogen (secondary N) is 2. The third kappa shape index (κ3) is 2.34. The minimum atomic E-state index is -1.11. The van der Waals surface area contributed by atoms with E-state index in [1.807, 2.05) is 0 Å². The normalized spacial score (nSPS) is 10.5. The quantitative estimate of drug-likeness (QED) is 0.793. The van der Waals surface area contributed by atoms with Gasteiger partial charge in [-0.15, -0.1) is 0 Å². The van der Waals surface area contributed by atoms with Crippen molar-refractivity contribution in [3.05, 3.63) is 28.2 Å². The maximum atomic E-state index is 12.1. The molecule has 0 saturated heterocycles. The number of carboxylic acid groups (broad SMARTS) is 1. The third-order valence-corrected chi connectivity index (χ3v) is 3.51. The van der Waals surface area contributed by atoms with E-state index in [2.05, 4.69) is 19.9 Å². The van der Waals surface area contributed by atoms with Gasteiger partial charge >= 0.3 is 5.97 Å². The van der Waals surface area contributed by atoms with Gasteiger partial charge in [0.25, 0.3) is 5.91 Å². The zero-order valence-corrected chi connectivity index (χ0v) is 11.4. The van der Waals surface area contributed by atoms with E-state index in [-0.39, 0.29) is 10.6 Å². The van der Waals surface area contributed by atoms with Gasteiger partial charge in [0.05, 0.1) is 17.0 Å². The molecule has 0 aliphatic rings. The maximum absolute atomic E-state index is 12.1. The molecule has 0 aromatic carbocycles. The summed E-state index contributed by atoms with van der Waals surface area (Å²) in [5.41, 5.74) is 2.02. The van der Waals surface area contributed by atoms with Crippen LogP contribution in [0.25, 0.3) is 0 Å². The van der Waals surface area contributed by atoms with Gasteiger partial charge in [-0.25, -0.2) is 4.79 Å². The summed E-state index contributed by atoms with van der Waals surface area (Å²) in [5.74, 6) is -1.50. The summed E-state index contributed by atoms with van der Waals surface area (Å²) in [7, 11) is 0. The average molecular weight is 280 g/mol. The molecule has 0 aliphatic heterocycles. The summed E-state index contributed by atoms with van der Waals surface area (Å²) in [6, 6.07) is 0. The van der Waals surface area contributed by atoms with Gasteiger partial charge in [0.2, 0.25) is 0 Å². The van der Waals surface area contributed by atoms with E-state index in [9.17, 15) is 9.59 Å². The molecule has 1 amide bonds. The molecule has 0 atom stereocenters. The molecule has 2 aromatic rings. The van der Waals surface area contributed by atoms with Gasteiger partial charge in [-0.2, -0.15) is 9.47 Å². The minimum Gasteiger partial charge on any atom is -0.478 e. The Bertz CT molecular complexity index is 639. The van der Waals surface area contributed by atoms with Gasteiger partial charge in [0, 0.05) is 5.69 Å². The fourth-order valence-electron chi connectivity index (χ4n) is 1.76. The number of carbonyl (C=O) groups is 2. The molecule has 2 heterocycles. The number of aromatic nitrogens is 3. The number of carbonyl (C=O) groups excluding carboxylic acids is 1. The molecule has 0 unspecified atom stereocenters. The molecule has 0 spiro atoms. The summed E-state index contributed by atoms with van der Waals surface area (Å²) < 4.78 is 3.94. The van der Waals surface area contributed by atoms with Crippen molar-refractivity contribution in [3.8, 4) is 0 Å². The number of nitrogens with zero attached hydrogens (tertiary/aromatic N) is 2. The van der Waals surface area contributed by atoms with Crippen molar-refractivity contribution in [2.24, 2.45) is 0 Å². The van der Waals surface area contributed by atoms with E-state index >= 15 is 0 Å². The summed E-state index contributed by atoms with van der Waals surface area (Å²) in [6.07, 6.45) is 0. The van der Waals surface area contributed by atoms with Gasteiger partial charge in [0.15, 0.2) is 0 Å². The number of aromatic carboxylic acids is 1.